The lowest BCUT2D eigenvalue weighted by molar-refractivity contribution is -0.131. The fraction of sp³-hybridized carbons (Fsp3) is 0.545. The molecule has 1 atom stereocenters. The predicted molar refractivity (Wildman–Crippen MR) is 228 cm³/mol. The molecule has 5 rings (SSSR count). The number of likely N-dealkylation sites (tertiary alicyclic amines) is 1. The van der Waals surface area contributed by atoms with Crippen LogP contribution in [0.1, 0.15) is 57.7 Å². The van der Waals surface area contributed by atoms with Crippen LogP contribution in [0.15, 0.2) is 60.8 Å². The lowest BCUT2D eigenvalue weighted by Crippen LogP contribution is -2.43. The van der Waals surface area contributed by atoms with E-state index in [9.17, 15) is 14.4 Å². The molecule has 2 aliphatic heterocycles. The van der Waals surface area contributed by atoms with Gasteiger partial charge in [-0.25, -0.2) is 4.98 Å². The quantitative estimate of drug-likeness (QED) is 0.0871. The smallest absolute Gasteiger partial charge is 0.269 e. The lowest BCUT2D eigenvalue weighted by Gasteiger charge is -2.33. The van der Waals surface area contributed by atoms with E-state index in [2.05, 4.69) is 31.2 Å². The van der Waals surface area contributed by atoms with E-state index in [1.54, 1.807) is 25.4 Å². The second kappa shape index (κ2) is 26.4. The molecule has 0 radical (unpaired) electrons. The maximum atomic E-state index is 13.2. The number of carbonyl (C=O) groups excluding carboxylic acids is 3. The normalized spacial score (nSPS) is 15.4. The molecule has 1 aromatic heterocycles. The number of piperidine rings is 1. The van der Waals surface area contributed by atoms with Crippen LogP contribution in [0.5, 0.6) is 11.5 Å². The number of amides is 3. The SMILES string of the molecule is CCOc1cc(OC)ccc1CNCC(=O)N1CCCC(c2cccc(C(=O)NCCOCCOCCOCCOCCNC(=O)c3ccc(N4CCNCC4)cn3)c2)C1. The van der Waals surface area contributed by atoms with Gasteiger partial charge in [-0.2, -0.15) is 0 Å². The van der Waals surface area contributed by atoms with Gasteiger partial charge in [-0.05, 0) is 55.7 Å². The first-order chi connectivity index (χ1) is 29.4. The molecule has 3 heterocycles. The number of nitrogens with one attached hydrogen (secondary N) is 4. The molecule has 16 heteroatoms. The largest absolute Gasteiger partial charge is 0.497 e. The molecule has 4 N–H and O–H groups in total. The Hall–Kier alpha value is -4.84. The Kier molecular flexibility index (Phi) is 20.3. The van der Waals surface area contributed by atoms with E-state index in [1.165, 1.54) is 0 Å². The van der Waals surface area contributed by atoms with Crippen LogP contribution in [0.4, 0.5) is 5.69 Å². The highest BCUT2D eigenvalue weighted by atomic mass is 16.6. The third-order valence-corrected chi connectivity index (χ3v) is 10.2. The third-order valence-electron chi connectivity index (χ3n) is 10.2. The van der Waals surface area contributed by atoms with Crippen LogP contribution in [0.2, 0.25) is 0 Å². The number of nitrogens with zero attached hydrogens (tertiary/aromatic N) is 3. The van der Waals surface area contributed by atoms with Crippen LogP contribution in [-0.2, 0) is 30.3 Å². The van der Waals surface area contributed by atoms with E-state index in [0.29, 0.717) is 96.9 Å². The minimum absolute atomic E-state index is 0.0540. The van der Waals surface area contributed by atoms with Crippen molar-refractivity contribution in [3.63, 3.8) is 0 Å². The highest BCUT2D eigenvalue weighted by Crippen LogP contribution is 2.28. The number of aromatic nitrogens is 1. The summed E-state index contributed by atoms with van der Waals surface area (Å²) >= 11 is 0. The Labute approximate surface area is 353 Å². The van der Waals surface area contributed by atoms with Crippen LogP contribution in [0, 0.1) is 0 Å². The standard InChI is InChI=1S/C44H63N7O9/c1-3-60-41-29-39(55-2)11-9-36(41)30-46-32-42(52)51-17-5-8-37(33-51)34-6-4-7-35(28-34)43(53)47-15-20-56-22-24-58-26-27-59-25-23-57-21-16-48-44(54)40-12-10-38(31-49-40)50-18-13-45-14-19-50/h4,6-7,9-12,28-29,31,37,45-46H,3,5,8,13-27,30,32-33H2,1-2H3,(H,47,53)(H,48,54). The van der Waals surface area contributed by atoms with Crippen LogP contribution in [-0.4, -0.2) is 153 Å². The van der Waals surface area contributed by atoms with Crippen molar-refractivity contribution >= 4 is 23.4 Å². The first-order valence-electron chi connectivity index (χ1n) is 21.1. The van der Waals surface area contributed by atoms with E-state index < -0.39 is 0 Å². The van der Waals surface area contributed by atoms with E-state index in [1.807, 2.05) is 54.3 Å². The molecule has 0 aliphatic carbocycles. The maximum Gasteiger partial charge on any atom is 0.269 e. The Morgan fingerprint density at radius 3 is 2.18 bits per heavy atom. The van der Waals surface area contributed by atoms with Crippen LogP contribution in [0.25, 0.3) is 0 Å². The van der Waals surface area contributed by atoms with Gasteiger partial charge in [-0.15, -0.1) is 0 Å². The minimum Gasteiger partial charge on any atom is -0.497 e. The van der Waals surface area contributed by atoms with Gasteiger partial charge in [0.2, 0.25) is 5.91 Å². The Morgan fingerprint density at radius 2 is 1.52 bits per heavy atom. The molecule has 2 saturated heterocycles. The molecule has 3 amide bonds. The van der Waals surface area contributed by atoms with Crippen molar-refractivity contribution in [2.45, 2.75) is 32.2 Å². The molecule has 16 nitrogen and oxygen atoms in total. The number of methoxy groups -OCH3 is 1. The molecule has 0 bridgehead atoms. The summed E-state index contributed by atoms with van der Waals surface area (Å²) in [6, 6.07) is 17.1. The third kappa shape index (κ3) is 15.6. The molecule has 0 saturated carbocycles. The average Bonchev–Trinajstić information content (AvgIpc) is 3.29. The van der Waals surface area contributed by atoms with Crippen molar-refractivity contribution in [2.24, 2.45) is 0 Å². The van der Waals surface area contributed by atoms with E-state index in [0.717, 1.165) is 73.9 Å². The molecule has 2 fully saturated rings. The van der Waals surface area contributed by atoms with Crippen LogP contribution < -0.4 is 35.6 Å². The fourth-order valence-electron chi connectivity index (χ4n) is 6.98. The highest BCUT2D eigenvalue weighted by Gasteiger charge is 2.25. The van der Waals surface area contributed by atoms with Crippen molar-refractivity contribution in [1.82, 2.24) is 31.2 Å². The van der Waals surface area contributed by atoms with Gasteiger partial charge >= 0.3 is 0 Å². The zero-order chi connectivity index (χ0) is 42.2. The fourth-order valence-corrected chi connectivity index (χ4v) is 6.98. The van der Waals surface area contributed by atoms with Gasteiger partial charge in [0.15, 0.2) is 0 Å². The Morgan fingerprint density at radius 1 is 0.817 bits per heavy atom. The highest BCUT2D eigenvalue weighted by molar-refractivity contribution is 5.94. The van der Waals surface area contributed by atoms with Gasteiger partial charge in [0, 0.05) is 82.0 Å². The summed E-state index contributed by atoms with van der Waals surface area (Å²) in [5.74, 6) is 1.29. The summed E-state index contributed by atoms with van der Waals surface area (Å²) in [7, 11) is 1.62. The molecule has 3 aromatic rings. The summed E-state index contributed by atoms with van der Waals surface area (Å²) in [5.41, 5.74) is 4.02. The summed E-state index contributed by atoms with van der Waals surface area (Å²) < 4.78 is 33.3. The summed E-state index contributed by atoms with van der Waals surface area (Å²) in [5, 5.41) is 12.4. The van der Waals surface area contributed by atoms with Gasteiger partial charge in [-0.3, -0.25) is 14.4 Å². The number of hydrogen-bond donors (Lipinski definition) is 4. The van der Waals surface area contributed by atoms with Crippen molar-refractivity contribution in [2.75, 3.05) is 130 Å². The molecule has 60 heavy (non-hydrogen) atoms. The number of hydrogen-bond acceptors (Lipinski definition) is 13. The number of benzene rings is 2. The zero-order valence-corrected chi connectivity index (χ0v) is 35.2. The second-order valence-corrected chi connectivity index (χ2v) is 14.4. The molecule has 1 unspecified atom stereocenters. The second-order valence-electron chi connectivity index (χ2n) is 14.4. The zero-order valence-electron chi connectivity index (χ0n) is 35.2. The molecular weight excluding hydrogens is 771 g/mol. The first kappa shape index (κ1) is 46.2. The number of pyridine rings is 1. The van der Waals surface area contributed by atoms with Gasteiger partial charge in [0.1, 0.15) is 17.2 Å². The molecule has 328 valence electrons. The van der Waals surface area contributed by atoms with Crippen molar-refractivity contribution in [3.8, 4) is 11.5 Å². The van der Waals surface area contributed by atoms with Gasteiger partial charge in [0.25, 0.3) is 11.8 Å². The van der Waals surface area contributed by atoms with Crippen molar-refractivity contribution in [3.05, 3.63) is 83.2 Å². The summed E-state index contributed by atoms with van der Waals surface area (Å²) in [6.45, 7) is 12.3. The monoisotopic (exact) mass is 833 g/mol. The van der Waals surface area contributed by atoms with Crippen molar-refractivity contribution < 1.29 is 42.8 Å². The predicted octanol–water partition coefficient (Wildman–Crippen LogP) is 2.62. The van der Waals surface area contributed by atoms with E-state index in [-0.39, 0.29) is 30.2 Å². The molecular formula is C44H63N7O9. The Bertz CT molecular complexity index is 1740. The summed E-state index contributed by atoms with van der Waals surface area (Å²) in [6.07, 6.45) is 3.61. The first-order valence-corrected chi connectivity index (χ1v) is 21.1. The van der Waals surface area contributed by atoms with Gasteiger partial charge in [-0.1, -0.05) is 18.2 Å². The molecule has 2 aliphatic rings. The van der Waals surface area contributed by atoms with Crippen LogP contribution in [0.3, 0.4) is 0 Å². The average molecular weight is 834 g/mol. The number of piperazine rings is 1. The van der Waals surface area contributed by atoms with Gasteiger partial charge < -0.3 is 59.5 Å². The number of rotatable bonds is 26. The maximum absolute atomic E-state index is 13.2. The Balaban J connectivity index is 0.848. The topological polar surface area (TPSA) is 174 Å². The number of anilines is 1. The number of ether oxygens (including phenoxy) is 6. The van der Waals surface area contributed by atoms with E-state index >= 15 is 0 Å². The molecule has 2 aromatic carbocycles. The summed E-state index contributed by atoms with van der Waals surface area (Å²) in [4.78, 5) is 46.9. The van der Waals surface area contributed by atoms with E-state index in [4.69, 9.17) is 28.4 Å². The number of carbonyl (C=O) groups is 3. The van der Waals surface area contributed by atoms with Crippen LogP contribution >= 0.6 is 0 Å². The van der Waals surface area contributed by atoms with Gasteiger partial charge in [0.05, 0.1) is 85.0 Å². The van der Waals surface area contributed by atoms with Crippen molar-refractivity contribution in [1.29, 1.82) is 0 Å². The minimum atomic E-state index is -0.225. The molecule has 0 spiro atoms. The lowest BCUT2D eigenvalue weighted by atomic mass is 9.89.